The van der Waals surface area contributed by atoms with Gasteiger partial charge in [0.25, 0.3) is 0 Å². The van der Waals surface area contributed by atoms with Crippen LogP contribution < -0.4 is 0 Å². The van der Waals surface area contributed by atoms with Crippen molar-refractivity contribution in [2.24, 2.45) is 0 Å². The molecule has 2 aromatic rings. The zero-order valence-electron chi connectivity index (χ0n) is 12.5. The van der Waals surface area contributed by atoms with Gasteiger partial charge < -0.3 is 4.52 Å². The SMILES string of the molecule is Cc1nc([C@@H]2CCCN2CCS(=O)(=O)c2ccccc2)no1. The zero-order chi connectivity index (χ0) is 15.6. The van der Waals surface area contributed by atoms with Crippen molar-refractivity contribution in [1.82, 2.24) is 15.0 Å². The highest BCUT2D eigenvalue weighted by atomic mass is 32.2. The van der Waals surface area contributed by atoms with Gasteiger partial charge in [0.05, 0.1) is 16.7 Å². The first-order chi connectivity index (χ1) is 10.6. The first kappa shape index (κ1) is 15.2. The molecular weight excluding hydrogens is 302 g/mol. The van der Waals surface area contributed by atoms with E-state index >= 15 is 0 Å². The molecule has 1 aliphatic rings. The minimum absolute atomic E-state index is 0.0587. The van der Waals surface area contributed by atoms with Crippen molar-refractivity contribution in [2.75, 3.05) is 18.8 Å². The summed E-state index contributed by atoms with van der Waals surface area (Å²) in [4.78, 5) is 6.78. The number of hydrogen-bond acceptors (Lipinski definition) is 6. The van der Waals surface area contributed by atoms with Gasteiger partial charge in [-0.05, 0) is 31.5 Å². The summed E-state index contributed by atoms with van der Waals surface area (Å²) < 4.78 is 29.8. The number of nitrogens with zero attached hydrogens (tertiary/aromatic N) is 3. The number of benzene rings is 1. The van der Waals surface area contributed by atoms with Crippen LogP contribution in [0.5, 0.6) is 0 Å². The maximum Gasteiger partial charge on any atom is 0.223 e. The lowest BCUT2D eigenvalue weighted by molar-refractivity contribution is 0.255. The monoisotopic (exact) mass is 321 g/mol. The third-order valence-corrected chi connectivity index (χ3v) is 5.66. The Morgan fingerprint density at radius 2 is 2.09 bits per heavy atom. The van der Waals surface area contributed by atoms with E-state index in [0.717, 1.165) is 19.4 Å². The maximum atomic E-state index is 12.4. The molecule has 2 heterocycles. The van der Waals surface area contributed by atoms with Gasteiger partial charge in [0.1, 0.15) is 0 Å². The summed E-state index contributed by atoms with van der Waals surface area (Å²) in [6.45, 7) is 3.10. The van der Waals surface area contributed by atoms with Gasteiger partial charge in [0.2, 0.25) is 5.89 Å². The molecule has 0 amide bonds. The minimum Gasteiger partial charge on any atom is -0.340 e. The Morgan fingerprint density at radius 1 is 1.32 bits per heavy atom. The van der Waals surface area contributed by atoms with Crippen LogP contribution in [-0.4, -0.2) is 42.3 Å². The van der Waals surface area contributed by atoms with Crippen molar-refractivity contribution in [2.45, 2.75) is 30.7 Å². The molecule has 0 spiro atoms. The molecule has 1 aromatic carbocycles. The first-order valence-corrected chi connectivity index (χ1v) is 9.03. The van der Waals surface area contributed by atoms with Crippen LogP contribution in [0.25, 0.3) is 0 Å². The molecule has 1 saturated heterocycles. The molecule has 0 N–H and O–H groups in total. The quantitative estimate of drug-likeness (QED) is 0.838. The van der Waals surface area contributed by atoms with Crippen LogP contribution in [0.3, 0.4) is 0 Å². The Kier molecular flexibility index (Phi) is 4.26. The lowest BCUT2D eigenvalue weighted by Gasteiger charge is -2.21. The molecule has 1 aliphatic heterocycles. The smallest absolute Gasteiger partial charge is 0.223 e. The van der Waals surface area contributed by atoms with Gasteiger partial charge >= 0.3 is 0 Å². The van der Waals surface area contributed by atoms with Crippen LogP contribution in [0.4, 0.5) is 0 Å². The van der Waals surface area contributed by atoms with Crippen molar-refractivity contribution >= 4 is 9.84 Å². The largest absolute Gasteiger partial charge is 0.340 e. The normalized spacial score (nSPS) is 19.6. The number of aryl methyl sites for hydroxylation is 1. The van der Waals surface area contributed by atoms with Crippen LogP contribution >= 0.6 is 0 Å². The molecule has 0 radical (unpaired) electrons. The lowest BCUT2D eigenvalue weighted by Crippen LogP contribution is -2.29. The molecule has 1 fully saturated rings. The Labute approximate surface area is 130 Å². The highest BCUT2D eigenvalue weighted by Crippen LogP contribution is 2.30. The fraction of sp³-hybridized carbons (Fsp3) is 0.467. The Balaban J connectivity index is 1.68. The molecule has 3 rings (SSSR count). The fourth-order valence-corrected chi connectivity index (χ4v) is 4.10. The van der Waals surface area contributed by atoms with Gasteiger partial charge in [-0.1, -0.05) is 23.4 Å². The summed E-state index contributed by atoms with van der Waals surface area (Å²) >= 11 is 0. The molecule has 22 heavy (non-hydrogen) atoms. The van der Waals surface area contributed by atoms with Crippen LogP contribution in [-0.2, 0) is 9.84 Å². The van der Waals surface area contributed by atoms with Crippen LogP contribution in [0.1, 0.15) is 30.6 Å². The predicted molar refractivity (Wildman–Crippen MR) is 81.1 cm³/mol. The van der Waals surface area contributed by atoms with Gasteiger partial charge in [-0.25, -0.2) is 8.42 Å². The number of aromatic nitrogens is 2. The lowest BCUT2D eigenvalue weighted by atomic mass is 10.2. The van der Waals surface area contributed by atoms with Crippen LogP contribution in [0.15, 0.2) is 39.8 Å². The van der Waals surface area contributed by atoms with E-state index in [1.165, 1.54) is 0 Å². The van der Waals surface area contributed by atoms with Crippen molar-refractivity contribution in [3.8, 4) is 0 Å². The topological polar surface area (TPSA) is 76.3 Å². The van der Waals surface area contributed by atoms with Gasteiger partial charge in [0.15, 0.2) is 15.7 Å². The van der Waals surface area contributed by atoms with E-state index in [9.17, 15) is 8.42 Å². The second-order valence-electron chi connectivity index (χ2n) is 5.50. The summed E-state index contributed by atoms with van der Waals surface area (Å²) in [5, 5.41) is 3.97. The number of likely N-dealkylation sites (tertiary alicyclic amines) is 1. The van der Waals surface area contributed by atoms with E-state index in [4.69, 9.17) is 4.52 Å². The summed E-state index contributed by atoms with van der Waals surface area (Å²) in [6, 6.07) is 8.64. The van der Waals surface area contributed by atoms with Gasteiger partial charge in [-0.3, -0.25) is 4.90 Å². The minimum atomic E-state index is -3.25. The average Bonchev–Trinajstić information content (AvgIpc) is 3.14. The Morgan fingerprint density at radius 3 is 2.77 bits per heavy atom. The fourth-order valence-electron chi connectivity index (χ4n) is 2.82. The summed E-state index contributed by atoms with van der Waals surface area (Å²) in [7, 11) is -3.25. The van der Waals surface area contributed by atoms with Crippen LogP contribution in [0.2, 0.25) is 0 Å². The van der Waals surface area contributed by atoms with Gasteiger partial charge in [-0.2, -0.15) is 4.98 Å². The molecular formula is C15H19N3O3S. The average molecular weight is 321 g/mol. The van der Waals surface area contributed by atoms with E-state index in [-0.39, 0.29) is 11.8 Å². The van der Waals surface area contributed by atoms with Crippen LogP contribution in [0, 0.1) is 6.92 Å². The van der Waals surface area contributed by atoms with E-state index in [1.807, 2.05) is 6.07 Å². The Hall–Kier alpha value is -1.73. The van der Waals surface area contributed by atoms with Crippen molar-refractivity contribution in [1.29, 1.82) is 0 Å². The molecule has 6 nitrogen and oxygen atoms in total. The van der Waals surface area contributed by atoms with E-state index in [1.54, 1.807) is 31.2 Å². The van der Waals surface area contributed by atoms with E-state index < -0.39 is 9.84 Å². The third kappa shape index (κ3) is 3.20. The van der Waals surface area contributed by atoms with Crippen molar-refractivity contribution < 1.29 is 12.9 Å². The van der Waals surface area contributed by atoms with Gasteiger partial charge in [0, 0.05) is 13.5 Å². The molecule has 1 aromatic heterocycles. The zero-order valence-corrected chi connectivity index (χ0v) is 13.3. The second-order valence-corrected chi connectivity index (χ2v) is 7.61. The highest BCUT2D eigenvalue weighted by molar-refractivity contribution is 7.91. The standard InChI is InChI=1S/C15H19N3O3S/c1-12-16-15(17-21-12)14-8-5-9-18(14)10-11-22(19,20)13-6-3-2-4-7-13/h2-4,6-7,14H,5,8-11H2,1H3/t14-/m0/s1. The maximum absolute atomic E-state index is 12.4. The molecule has 0 aliphatic carbocycles. The van der Waals surface area contributed by atoms with Crippen molar-refractivity contribution in [3.05, 3.63) is 42.0 Å². The molecule has 7 heteroatoms. The molecule has 0 bridgehead atoms. The summed E-state index contributed by atoms with van der Waals surface area (Å²) in [5.74, 6) is 1.30. The molecule has 0 saturated carbocycles. The van der Waals surface area contributed by atoms with Gasteiger partial charge in [-0.15, -0.1) is 0 Å². The molecule has 1 atom stereocenters. The molecule has 118 valence electrons. The number of rotatable bonds is 5. The first-order valence-electron chi connectivity index (χ1n) is 7.38. The number of sulfone groups is 1. The summed E-state index contributed by atoms with van der Waals surface area (Å²) in [6.07, 6.45) is 1.95. The predicted octanol–water partition coefficient (Wildman–Crippen LogP) is 1.99. The third-order valence-electron chi connectivity index (χ3n) is 3.95. The highest BCUT2D eigenvalue weighted by Gasteiger charge is 2.30. The van der Waals surface area contributed by atoms with E-state index in [2.05, 4.69) is 15.0 Å². The molecule has 0 unspecified atom stereocenters. The summed E-state index contributed by atoms with van der Waals surface area (Å²) in [5.41, 5.74) is 0. The second kappa shape index (κ2) is 6.18. The Bertz CT molecular complexity index is 728. The van der Waals surface area contributed by atoms with Crippen molar-refractivity contribution in [3.63, 3.8) is 0 Å². The van der Waals surface area contributed by atoms with E-state index in [0.29, 0.717) is 23.2 Å². The number of hydrogen-bond donors (Lipinski definition) is 0.